The van der Waals surface area contributed by atoms with E-state index < -0.39 is 12.1 Å². The Morgan fingerprint density at radius 1 is 1.31 bits per heavy atom. The van der Waals surface area contributed by atoms with Crippen molar-refractivity contribution in [2.24, 2.45) is 16.8 Å². The number of anilines is 1. The molecular weight excluding hydrogens is 368 g/mol. The van der Waals surface area contributed by atoms with Crippen LogP contribution in [-0.4, -0.2) is 52.7 Å². The van der Waals surface area contributed by atoms with Gasteiger partial charge in [0.15, 0.2) is 11.5 Å². The Kier molecular flexibility index (Phi) is 4.99. The lowest BCUT2D eigenvalue weighted by Gasteiger charge is -2.18. The third kappa shape index (κ3) is 3.69. The summed E-state index contributed by atoms with van der Waals surface area (Å²) in [6.45, 7) is 4.99. The Balaban J connectivity index is 1.44. The van der Waals surface area contributed by atoms with E-state index in [4.69, 9.17) is 5.26 Å². The van der Waals surface area contributed by atoms with E-state index in [0.29, 0.717) is 30.5 Å². The summed E-state index contributed by atoms with van der Waals surface area (Å²) in [5.41, 5.74) is 2.75. The zero-order valence-corrected chi connectivity index (χ0v) is 16.3. The molecule has 1 fully saturated rings. The highest BCUT2D eigenvalue weighted by Crippen LogP contribution is 2.31. The quantitative estimate of drug-likeness (QED) is 0.796. The van der Waals surface area contributed by atoms with Gasteiger partial charge in [0.05, 0.1) is 12.1 Å². The number of nitriles is 1. The number of β-amino-alcohol motifs (C(OH)–C–C–N with tert-alkyl or cyclic N) is 1. The monoisotopic (exact) mass is 390 g/mol. The molecule has 3 heterocycles. The maximum absolute atomic E-state index is 12.8. The maximum Gasteiger partial charge on any atom is 0.270 e. The molecule has 2 aliphatic heterocycles. The number of aliphatic hydroxyl groups excluding tert-OH is 1. The van der Waals surface area contributed by atoms with Gasteiger partial charge in [0, 0.05) is 25.2 Å². The van der Waals surface area contributed by atoms with E-state index in [0.717, 1.165) is 5.57 Å². The van der Waals surface area contributed by atoms with E-state index >= 15 is 0 Å². The highest BCUT2D eigenvalue weighted by atomic mass is 16.3. The summed E-state index contributed by atoms with van der Waals surface area (Å²) in [7, 11) is 0. The normalized spacial score (nSPS) is 25.3. The van der Waals surface area contributed by atoms with E-state index in [1.54, 1.807) is 18.3 Å². The minimum Gasteiger partial charge on any atom is -0.389 e. The molecule has 0 saturated carbocycles. The first-order chi connectivity index (χ1) is 14.0. The number of nitrogens with zero attached hydrogens (tertiary/aromatic N) is 5. The number of fused-ring (bicyclic) bond motifs is 1. The molecule has 3 atom stereocenters. The smallest absolute Gasteiger partial charge is 0.270 e. The Bertz CT molecular complexity index is 983. The first-order valence-corrected chi connectivity index (χ1v) is 9.62. The van der Waals surface area contributed by atoms with Crippen LogP contribution in [-0.2, 0) is 4.79 Å². The Morgan fingerprint density at radius 2 is 2.14 bits per heavy atom. The van der Waals surface area contributed by atoms with Gasteiger partial charge >= 0.3 is 0 Å². The molecule has 1 unspecified atom stereocenters. The summed E-state index contributed by atoms with van der Waals surface area (Å²) < 4.78 is 0. The van der Waals surface area contributed by atoms with E-state index in [1.165, 1.54) is 5.57 Å². The number of allylic oxidation sites excluding steroid dienone is 5. The molecule has 2 N–H and O–H groups in total. The molecule has 0 spiro atoms. The molecule has 1 aromatic heterocycles. The van der Waals surface area contributed by atoms with Crippen LogP contribution in [0.1, 0.15) is 19.5 Å². The number of carbonyl (C=O) groups is 1. The molecule has 8 nitrogen and oxygen atoms in total. The summed E-state index contributed by atoms with van der Waals surface area (Å²) in [4.78, 5) is 19.0. The summed E-state index contributed by atoms with van der Waals surface area (Å²) in [6.07, 6.45) is 7.19. The van der Waals surface area contributed by atoms with Crippen LogP contribution in [0.3, 0.4) is 0 Å². The van der Waals surface area contributed by atoms with Crippen molar-refractivity contribution in [2.75, 3.05) is 18.0 Å². The predicted molar refractivity (Wildman–Crippen MR) is 108 cm³/mol. The number of nitrogens with one attached hydrogen (secondary N) is 1. The Hall–Kier alpha value is -3.31. The van der Waals surface area contributed by atoms with Crippen LogP contribution in [0.4, 0.5) is 5.82 Å². The average Bonchev–Trinajstić information content (AvgIpc) is 3.31. The van der Waals surface area contributed by atoms with Crippen molar-refractivity contribution in [3.63, 3.8) is 0 Å². The van der Waals surface area contributed by atoms with Crippen molar-refractivity contribution < 1.29 is 9.90 Å². The number of hydrogen-bond donors (Lipinski definition) is 2. The fourth-order valence-corrected chi connectivity index (χ4v) is 3.72. The lowest BCUT2D eigenvalue weighted by Crippen LogP contribution is -2.43. The minimum atomic E-state index is -0.738. The highest BCUT2D eigenvalue weighted by Gasteiger charge is 2.35. The van der Waals surface area contributed by atoms with Gasteiger partial charge in [0.25, 0.3) is 5.91 Å². The van der Waals surface area contributed by atoms with Crippen LogP contribution in [0.2, 0.25) is 0 Å². The third-order valence-electron chi connectivity index (χ3n) is 5.40. The predicted octanol–water partition coefficient (Wildman–Crippen LogP) is 1.12. The lowest BCUT2D eigenvalue weighted by molar-refractivity contribution is -0.118. The van der Waals surface area contributed by atoms with Crippen molar-refractivity contribution in [2.45, 2.75) is 26.0 Å². The minimum absolute atomic E-state index is 0.0251. The number of aromatic nitrogens is 2. The molecule has 1 aromatic rings. The number of carbonyl (C=O) groups excluding carboxylic acids is 1. The van der Waals surface area contributed by atoms with Crippen LogP contribution in [0, 0.1) is 23.2 Å². The lowest BCUT2D eigenvalue weighted by atomic mass is 9.88. The number of rotatable bonds is 4. The zero-order chi connectivity index (χ0) is 20.5. The summed E-state index contributed by atoms with van der Waals surface area (Å²) in [5.74, 6) is 0.713. The molecule has 1 saturated heterocycles. The summed E-state index contributed by atoms with van der Waals surface area (Å²) >= 11 is 0. The zero-order valence-electron chi connectivity index (χ0n) is 16.3. The van der Waals surface area contributed by atoms with Crippen LogP contribution in [0.5, 0.6) is 0 Å². The van der Waals surface area contributed by atoms with Gasteiger partial charge in [-0.05, 0) is 29.2 Å². The largest absolute Gasteiger partial charge is 0.389 e. The van der Waals surface area contributed by atoms with E-state index in [1.807, 2.05) is 23.1 Å². The number of aliphatic hydroxyl groups is 1. The molecule has 0 bridgehead atoms. The molecule has 148 valence electrons. The summed E-state index contributed by atoms with van der Waals surface area (Å²) in [5, 5.41) is 30.0. The fourth-order valence-electron chi connectivity index (χ4n) is 3.72. The van der Waals surface area contributed by atoms with Gasteiger partial charge in [-0.1, -0.05) is 32.1 Å². The van der Waals surface area contributed by atoms with Gasteiger partial charge in [-0.15, -0.1) is 10.2 Å². The van der Waals surface area contributed by atoms with Crippen molar-refractivity contribution in [3.05, 3.63) is 52.9 Å². The van der Waals surface area contributed by atoms with Gasteiger partial charge in [-0.2, -0.15) is 5.26 Å². The SMILES string of the molecule is CC(C)C1=CC2C=NC(C(=O)N[C@@H]3CN(c4ccc(C#N)nn4)C[C@@H]3O)=C2C=C1. The van der Waals surface area contributed by atoms with Crippen molar-refractivity contribution in [1.82, 2.24) is 15.5 Å². The fraction of sp³-hybridized carbons (Fsp3) is 0.381. The molecule has 8 heteroatoms. The first-order valence-electron chi connectivity index (χ1n) is 9.62. The van der Waals surface area contributed by atoms with Crippen molar-refractivity contribution in [3.8, 4) is 6.07 Å². The molecule has 0 radical (unpaired) electrons. The molecule has 0 aromatic carbocycles. The first kappa shape index (κ1) is 19.0. The molecule has 1 amide bonds. The van der Waals surface area contributed by atoms with Crippen LogP contribution < -0.4 is 10.2 Å². The highest BCUT2D eigenvalue weighted by molar-refractivity contribution is 6.00. The average molecular weight is 390 g/mol. The van der Waals surface area contributed by atoms with Gasteiger partial charge in [0.2, 0.25) is 0 Å². The molecule has 29 heavy (non-hydrogen) atoms. The van der Waals surface area contributed by atoms with Crippen molar-refractivity contribution >= 4 is 17.9 Å². The van der Waals surface area contributed by atoms with E-state index in [-0.39, 0.29) is 17.5 Å². The number of aliphatic imine (C=N–C) groups is 1. The Labute approximate surface area is 169 Å². The number of hydrogen-bond acceptors (Lipinski definition) is 7. The molecule has 4 rings (SSSR count). The third-order valence-corrected chi connectivity index (χ3v) is 5.40. The topological polar surface area (TPSA) is 115 Å². The molecule has 3 aliphatic rings. The van der Waals surface area contributed by atoms with Gasteiger partial charge < -0.3 is 15.3 Å². The standard InChI is InChI=1S/C21H22N6O2/c1-12(2)13-3-5-16-14(7-13)9-23-20(16)21(29)24-17-10-27(11-18(17)28)19-6-4-15(8-22)25-26-19/h3-7,9,12,14,17-18,28H,10-11H2,1-2H3,(H,24,29)/t14?,17-,18+/m1/s1. The van der Waals surface area contributed by atoms with Gasteiger partial charge in [-0.25, -0.2) is 0 Å². The Morgan fingerprint density at radius 3 is 2.83 bits per heavy atom. The van der Waals surface area contributed by atoms with Gasteiger partial charge in [0.1, 0.15) is 11.8 Å². The second-order valence-electron chi connectivity index (χ2n) is 7.70. The molecule has 1 aliphatic carbocycles. The van der Waals surface area contributed by atoms with Crippen molar-refractivity contribution in [1.29, 1.82) is 5.26 Å². The molecular formula is C21H22N6O2. The second-order valence-corrected chi connectivity index (χ2v) is 7.70. The second kappa shape index (κ2) is 7.60. The number of amides is 1. The van der Waals surface area contributed by atoms with Crippen LogP contribution >= 0.6 is 0 Å². The summed E-state index contributed by atoms with van der Waals surface area (Å²) in [6, 6.07) is 4.74. The van der Waals surface area contributed by atoms with E-state index in [9.17, 15) is 9.90 Å². The van der Waals surface area contributed by atoms with E-state index in [2.05, 4.69) is 40.4 Å². The maximum atomic E-state index is 12.8. The van der Waals surface area contributed by atoms with Crippen LogP contribution in [0.25, 0.3) is 0 Å². The van der Waals surface area contributed by atoms with Crippen LogP contribution in [0.15, 0.2) is 52.2 Å². The van der Waals surface area contributed by atoms with Gasteiger partial charge in [-0.3, -0.25) is 9.79 Å².